The van der Waals surface area contributed by atoms with E-state index < -0.39 is 86.6 Å². The maximum atomic E-state index is 14.2. The Kier molecular flexibility index (Phi) is 9.70. The number of benzene rings is 2. The lowest BCUT2D eigenvalue weighted by atomic mass is 10.0. The second-order valence-electron chi connectivity index (χ2n) is 15.0. The van der Waals surface area contributed by atoms with Gasteiger partial charge >= 0.3 is 13.5 Å². The SMILES string of the molecule is O=C(Nc1ncnc2c1ncn2C1O[C@@]23CO[C@@H]1[C@@H]2OP(O)(=S)OC[C@@]12CO[C@@H]([C@H](n4cnc5c(NC(=O)c6ccccc6)ncnc54)O1)[C@@H]2OP(=O)(S)OC3)c1ccccc1. The number of imidazole rings is 2. The minimum Gasteiger partial charge on any atom is -0.367 e. The van der Waals surface area contributed by atoms with Crippen LogP contribution in [0.2, 0.25) is 0 Å². The van der Waals surface area contributed by atoms with Gasteiger partial charge in [0.15, 0.2) is 46.4 Å². The zero-order valence-corrected chi connectivity index (χ0v) is 35.1. The summed E-state index contributed by atoms with van der Waals surface area (Å²) in [6.45, 7) is -9.64. The highest BCUT2D eigenvalue weighted by Gasteiger charge is 2.68. The number of thiol groups is 1. The molecule has 0 aliphatic carbocycles. The van der Waals surface area contributed by atoms with Crippen molar-refractivity contribution >= 4 is 83.3 Å². The van der Waals surface area contributed by atoms with Gasteiger partial charge in [-0.15, -0.1) is 0 Å². The number of carbonyl (C=O) groups is 2. The summed E-state index contributed by atoms with van der Waals surface area (Å²) in [5.41, 5.74) is -1.14. The highest BCUT2D eigenvalue weighted by molar-refractivity contribution is 8.44. The Morgan fingerprint density at radius 3 is 1.66 bits per heavy atom. The fraction of sp³-hybridized carbons (Fsp3) is 0.333. The van der Waals surface area contributed by atoms with Gasteiger partial charge in [-0.2, -0.15) is 0 Å². The van der Waals surface area contributed by atoms with Gasteiger partial charge in [0, 0.05) is 11.1 Å². The van der Waals surface area contributed by atoms with Crippen molar-refractivity contribution in [2.75, 3.05) is 37.1 Å². The fourth-order valence-electron chi connectivity index (χ4n) is 8.28. The maximum Gasteiger partial charge on any atom is 0.386 e. The van der Waals surface area contributed by atoms with Crippen LogP contribution in [0.15, 0.2) is 86.0 Å². The van der Waals surface area contributed by atoms with Crippen molar-refractivity contribution in [3.05, 3.63) is 97.1 Å². The first-order valence-corrected chi connectivity index (χ1v) is 24.2. The number of anilines is 2. The van der Waals surface area contributed by atoms with Gasteiger partial charge in [0.25, 0.3) is 11.8 Å². The van der Waals surface area contributed by atoms with Gasteiger partial charge in [-0.3, -0.25) is 32.3 Å². The van der Waals surface area contributed by atoms with Gasteiger partial charge in [-0.25, -0.2) is 34.5 Å². The average molecular weight is 923 g/mol. The minimum absolute atomic E-state index is 0.129. The van der Waals surface area contributed by atoms with Crippen LogP contribution in [0.4, 0.5) is 11.6 Å². The van der Waals surface area contributed by atoms with E-state index in [2.05, 4.69) is 52.8 Å². The van der Waals surface area contributed by atoms with E-state index in [0.29, 0.717) is 11.1 Å². The number of nitrogens with zero attached hydrogens (tertiary/aromatic N) is 8. The van der Waals surface area contributed by atoms with E-state index in [0.717, 1.165) is 0 Å². The summed E-state index contributed by atoms with van der Waals surface area (Å²) in [5, 5.41) is 5.54. The van der Waals surface area contributed by atoms with Crippen molar-refractivity contribution in [1.29, 1.82) is 0 Å². The first-order valence-electron chi connectivity index (χ1n) is 18.9. The molecule has 6 aromatic rings. The number of hydrogen-bond acceptors (Lipinski definition) is 18. The van der Waals surface area contributed by atoms with Crippen molar-refractivity contribution in [1.82, 2.24) is 39.0 Å². The van der Waals surface area contributed by atoms with Crippen molar-refractivity contribution in [2.24, 2.45) is 0 Å². The Bertz CT molecular complexity index is 2670. The maximum absolute atomic E-state index is 14.2. The summed E-state index contributed by atoms with van der Waals surface area (Å²) in [7, 11) is 0. The van der Waals surface area contributed by atoms with Gasteiger partial charge in [0.05, 0.1) is 39.1 Å². The molecule has 22 nitrogen and oxygen atoms in total. The molecule has 26 heteroatoms. The number of rotatable bonds is 6. The zero-order valence-electron chi connectivity index (χ0n) is 31.6. The second kappa shape index (κ2) is 15.0. The molecule has 11 rings (SSSR count). The Hall–Kier alpha value is -4.65. The van der Waals surface area contributed by atoms with E-state index in [-0.39, 0.29) is 47.2 Å². The number of ether oxygens (including phenoxy) is 4. The molecule has 320 valence electrons. The van der Waals surface area contributed by atoms with Crippen LogP contribution in [0.25, 0.3) is 22.3 Å². The largest absolute Gasteiger partial charge is 0.386 e. The summed E-state index contributed by atoms with van der Waals surface area (Å²) in [6, 6.07) is 17.2. The minimum atomic E-state index is -4.31. The van der Waals surface area contributed by atoms with E-state index in [4.69, 9.17) is 48.8 Å². The van der Waals surface area contributed by atoms with Crippen LogP contribution >= 0.6 is 25.8 Å². The van der Waals surface area contributed by atoms with E-state index in [1.54, 1.807) is 69.8 Å². The highest BCUT2D eigenvalue weighted by Crippen LogP contribution is 2.63. The third kappa shape index (κ3) is 6.77. The smallest absolute Gasteiger partial charge is 0.367 e. The molecule has 4 bridgehead atoms. The van der Waals surface area contributed by atoms with Gasteiger partial charge in [0.2, 0.25) is 0 Å². The number of aromatic nitrogens is 8. The number of carbonyl (C=O) groups excluding carboxylic acids is 2. The fourth-order valence-corrected chi connectivity index (χ4v) is 11.3. The third-order valence-electron chi connectivity index (χ3n) is 11.2. The number of fused-ring (bicyclic) bond motifs is 2. The molecule has 0 spiro atoms. The van der Waals surface area contributed by atoms with Crippen molar-refractivity contribution in [3.8, 4) is 0 Å². The summed E-state index contributed by atoms with van der Waals surface area (Å²) < 4.78 is 67.2. The summed E-state index contributed by atoms with van der Waals surface area (Å²) in [6.07, 6.45) is -0.815. The summed E-state index contributed by atoms with van der Waals surface area (Å²) >= 11 is 9.95. The lowest BCUT2D eigenvalue weighted by Crippen LogP contribution is -2.48. The van der Waals surface area contributed by atoms with E-state index in [1.165, 1.54) is 25.3 Å². The van der Waals surface area contributed by atoms with Crippen LogP contribution < -0.4 is 10.6 Å². The molecule has 2 amide bonds. The molecule has 0 radical (unpaired) electrons. The van der Waals surface area contributed by atoms with Crippen LogP contribution in [-0.4, -0.2) is 118 Å². The average Bonchev–Trinajstić information content (AvgIpc) is 4.13. The molecule has 5 saturated heterocycles. The normalized spacial score (nSPS) is 34.0. The van der Waals surface area contributed by atoms with Crippen LogP contribution in [0, 0.1) is 0 Å². The Morgan fingerprint density at radius 2 is 1.16 bits per heavy atom. The highest BCUT2D eigenvalue weighted by atomic mass is 32.7. The topological polar surface area (TPSA) is 257 Å². The molecule has 10 atom stereocenters. The Labute approximate surface area is 359 Å². The molecule has 5 fully saturated rings. The number of amides is 2. The molecule has 5 aliphatic heterocycles. The van der Waals surface area contributed by atoms with Gasteiger partial charge in [-0.1, -0.05) is 48.6 Å². The lowest BCUT2D eigenvalue weighted by molar-refractivity contribution is -0.187. The lowest BCUT2D eigenvalue weighted by Gasteiger charge is -2.36. The molecule has 62 heavy (non-hydrogen) atoms. The molecule has 0 saturated carbocycles. The monoisotopic (exact) mass is 922 g/mol. The number of hydrogen-bond donors (Lipinski definition) is 4. The van der Waals surface area contributed by atoms with Crippen molar-refractivity contribution < 1.29 is 56.1 Å². The summed E-state index contributed by atoms with van der Waals surface area (Å²) in [5.74, 6) is -0.491. The molecule has 3 N–H and O–H groups in total. The molecule has 3 unspecified atom stereocenters. The van der Waals surface area contributed by atoms with E-state index in [1.807, 2.05) is 0 Å². The molecular weight excluding hydrogens is 891 g/mol. The molecule has 9 heterocycles. The van der Waals surface area contributed by atoms with E-state index in [9.17, 15) is 19.0 Å². The third-order valence-corrected chi connectivity index (χ3v) is 14.3. The molecule has 4 aromatic heterocycles. The Balaban J connectivity index is 0.859. The van der Waals surface area contributed by atoms with E-state index >= 15 is 0 Å². The van der Waals surface area contributed by atoms with Crippen molar-refractivity contribution in [3.63, 3.8) is 0 Å². The summed E-state index contributed by atoms with van der Waals surface area (Å²) in [4.78, 5) is 63.8. The predicted molar refractivity (Wildman–Crippen MR) is 219 cm³/mol. The standard InChI is InChI=1S/C36H32N10O12P2S2/c47-31(19-7-3-1-4-8-19)43-27-21-29(39-15-37-27)45(17-41-21)33-23-25-35(55-33,11-51-23)13-53-60(50,62)58-26-24-34(56-36(26,12-52-24)14-54-59(49,61)57-25)46-18-42-22-28(38-16-40-30(22)46)44-32(48)20-9-5-2-6-10-20/h1-10,15-18,23-26,33-34H,11-14H2,(H,49,61)(H,50,62)(H,37,39,43,47)(H,38,40,44,48)/t23-,24-,25+,26+,33-,34?,35-,36-,59?,60?/m1/s1. The van der Waals surface area contributed by atoms with Crippen LogP contribution in [0.5, 0.6) is 0 Å². The second-order valence-corrected chi connectivity index (χ2v) is 20.6. The quantitative estimate of drug-likeness (QED) is 0.138. The van der Waals surface area contributed by atoms with Crippen LogP contribution in [0.1, 0.15) is 33.2 Å². The number of nitrogens with one attached hydrogen (secondary N) is 2. The van der Waals surface area contributed by atoms with Gasteiger partial charge in [0.1, 0.15) is 48.3 Å². The van der Waals surface area contributed by atoms with Gasteiger partial charge in [-0.05, 0) is 36.1 Å². The predicted octanol–water partition coefficient (Wildman–Crippen LogP) is 3.58. The van der Waals surface area contributed by atoms with Crippen LogP contribution in [0.3, 0.4) is 0 Å². The zero-order chi connectivity index (χ0) is 42.4. The molecule has 2 aromatic carbocycles. The first kappa shape index (κ1) is 40.1. The molecular formula is C36H32N10O12P2S2. The first-order chi connectivity index (χ1) is 29.9. The van der Waals surface area contributed by atoms with Crippen molar-refractivity contribution in [2.45, 2.75) is 48.1 Å². The molecule has 5 aliphatic rings. The van der Waals surface area contributed by atoms with Gasteiger partial charge < -0.3 is 39.0 Å². The van der Waals surface area contributed by atoms with Crippen LogP contribution in [-0.2, 0) is 53.4 Å². The Morgan fingerprint density at radius 1 is 0.694 bits per heavy atom.